The molecule has 1 aliphatic heterocycles. The van der Waals surface area contributed by atoms with Gasteiger partial charge in [-0.05, 0) is 56.0 Å². The SMILES string of the molecule is COc1c(C)cc(C(=O)[C@@H]2CCCN(c3nccc(N)n3)C2)cc1C. The van der Waals surface area contributed by atoms with Crippen LogP contribution in [0.3, 0.4) is 0 Å². The minimum atomic E-state index is -0.0639. The standard InChI is InChI=1S/C19H24N4O2/c1-12-9-15(10-13(2)18(12)25-3)17(24)14-5-4-8-23(11-14)19-21-7-6-16(20)22-19/h6-7,9-10,14H,4-5,8,11H2,1-3H3,(H2,20,21,22)/t14-/m1/s1. The first kappa shape index (κ1) is 17.2. The Morgan fingerprint density at radius 2 is 2.04 bits per heavy atom. The van der Waals surface area contributed by atoms with Crippen molar-refractivity contribution in [1.82, 2.24) is 9.97 Å². The number of nitrogens with two attached hydrogens (primary N) is 1. The lowest BCUT2D eigenvalue weighted by molar-refractivity contribution is 0.0906. The molecule has 0 spiro atoms. The van der Waals surface area contributed by atoms with Crippen molar-refractivity contribution in [3.05, 3.63) is 41.1 Å². The summed E-state index contributed by atoms with van der Waals surface area (Å²) >= 11 is 0. The number of Topliss-reactive ketones (excluding diaryl/α,β-unsaturated/α-hetero) is 1. The number of piperidine rings is 1. The Morgan fingerprint density at radius 1 is 1.32 bits per heavy atom. The molecule has 0 aliphatic carbocycles. The van der Waals surface area contributed by atoms with E-state index in [2.05, 4.69) is 9.97 Å². The molecule has 1 atom stereocenters. The molecule has 0 saturated carbocycles. The Balaban J connectivity index is 1.80. The van der Waals surface area contributed by atoms with Gasteiger partial charge in [0.15, 0.2) is 5.78 Å². The van der Waals surface area contributed by atoms with Crippen LogP contribution >= 0.6 is 0 Å². The highest BCUT2D eigenvalue weighted by molar-refractivity contribution is 5.99. The summed E-state index contributed by atoms with van der Waals surface area (Å²) in [6.45, 7) is 5.40. The molecule has 6 heteroatoms. The lowest BCUT2D eigenvalue weighted by Crippen LogP contribution is -2.39. The van der Waals surface area contributed by atoms with Crippen LogP contribution in [0.5, 0.6) is 5.75 Å². The number of methoxy groups -OCH3 is 1. The van der Waals surface area contributed by atoms with Crippen molar-refractivity contribution in [2.75, 3.05) is 30.8 Å². The molecule has 0 radical (unpaired) electrons. The monoisotopic (exact) mass is 340 g/mol. The van der Waals surface area contributed by atoms with Gasteiger partial charge < -0.3 is 15.4 Å². The Kier molecular flexibility index (Phi) is 4.88. The van der Waals surface area contributed by atoms with Gasteiger partial charge in [-0.25, -0.2) is 4.98 Å². The second kappa shape index (κ2) is 7.09. The molecule has 25 heavy (non-hydrogen) atoms. The lowest BCUT2D eigenvalue weighted by atomic mass is 9.89. The number of hydrogen-bond donors (Lipinski definition) is 1. The Bertz CT molecular complexity index is 768. The molecule has 2 heterocycles. The van der Waals surface area contributed by atoms with Gasteiger partial charge in [0, 0.05) is 30.8 Å². The number of carbonyl (C=O) groups excluding carboxylic acids is 1. The van der Waals surface area contributed by atoms with E-state index < -0.39 is 0 Å². The third kappa shape index (κ3) is 3.57. The molecular formula is C19H24N4O2. The fourth-order valence-electron chi connectivity index (χ4n) is 3.54. The highest BCUT2D eigenvalue weighted by Crippen LogP contribution is 2.28. The van der Waals surface area contributed by atoms with Crippen molar-refractivity contribution in [1.29, 1.82) is 0 Å². The molecule has 1 aliphatic rings. The normalized spacial score (nSPS) is 17.4. The zero-order valence-electron chi connectivity index (χ0n) is 15.0. The summed E-state index contributed by atoms with van der Waals surface area (Å²) in [5.74, 6) is 1.99. The van der Waals surface area contributed by atoms with E-state index in [1.54, 1.807) is 19.4 Å². The smallest absolute Gasteiger partial charge is 0.227 e. The molecule has 1 aromatic carbocycles. The lowest BCUT2D eigenvalue weighted by Gasteiger charge is -2.32. The first-order valence-electron chi connectivity index (χ1n) is 8.52. The number of ether oxygens (including phenoxy) is 1. The van der Waals surface area contributed by atoms with Gasteiger partial charge in [-0.3, -0.25) is 4.79 Å². The van der Waals surface area contributed by atoms with Crippen LogP contribution in [0.25, 0.3) is 0 Å². The van der Waals surface area contributed by atoms with Crippen LogP contribution in [0.1, 0.15) is 34.3 Å². The van der Waals surface area contributed by atoms with E-state index in [4.69, 9.17) is 10.5 Å². The fourth-order valence-corrected chi connectivity index (χ4v) is 3.54. The number of nitrogen functional groups attached to an aromatic ring is 1. The van der Waals surface area contributed by atoms with Gasteiger partial charge >= 0.3 is 0 Å². The maximum absolute atomic E-state index is 13.0. The number of nitrogens with zero attached hydrogens (tertiary/aromatic N) is 3. The van der Waals surface area contributed by atoms with Gasteiger partial charge in [0.05, 0.1) is 7.11 Å². The number of ketones is 1. The first-order chi connectivity index (χ1) is 12.0. The molecule has 1 saturated heterocycles. The van der Waals surface area contributed by atoms with E-state index in [1.165, 1.54) is 0 Å². The van der Waals surface area contributed by atoms with Crippen molar-refractivity contribution in [3.63, 3.8) is 0 Å². The maximum Gasteiger partial charge on any atom is 0.227 e. The molecule has 132 valence electrons. The predicted molar refractivity (Wildman–Crippen MR) is 98.2 cm³/mol. The van der Waals surface area contributed by atoms with Crippen molar-refractivity contribution in [2.45, 2.75) is 26.7 Å². The molecule has 6 nitrogen and oxygen atoms in total. The molecule has 1 aromatic heterocycles. The van der Waals surface area contributed by atoms with Gasteiger partial charge in [-0.2, -0.15) is 4.98 Å². The van der Waals surface area contributed by atoms with E-state index >= 15 is 0 Å². The topological polar surface area (TPSA) is 81.3 Å². The van der Waals surface area contributed by atoms with Gasteiger partial charge in [-0.1, -0.05) is 0 Å². The minimum Gasteiger partial charge on any atom is -0.496 e. The zero-order valence-corrected chi connectivity index (χ0v) is 15.0. The number of rotatable bonds is 4. The summed E-state index contributed by atoms with van der Waals surface area (Å²) < 4.78 is 5.39. The molecular weight excluding hydrogens is 316 g/mol. The Morgan fingerprint density at radius 3 is 2.68 bits per heavy atom. The minimum absolute atomic E-state index is 0.0639. The summed E-state index contributed by atoms with van der Waals surface area (Å²) in [6.07, 6.45) is 3.46. The van der Waals surface area contributed by atoms with Crippen molar-refractivity contribution in [2.24, 2.45) is 5.92 Å². The van der Waals surface area contributed by atoms with E-state index in [9.17, 15) is 4.79 Å². The van der Waals surface area contributed by atoms with E-state index in [1.807, 2.05) is 30.9 Å². The number of aryl methyl sites for hydroxylation is 2. The molecule has 2 N–H and O–H groups in total. The molecule has 0 amide bonds. The van der Waals surface area contributed by atoms with E-state index in [0.717, 1.165) is 41.8 Å². The summed E-state index contributed by atoms with van der Waals surface area (Å²) in [6, 6.07) is 5.51. The largest absolute Gasteiger partial charge is 0.496 e. The van der Waals surface area contributed by atoms with Crippen LogP contribution in [0, 0.1) is 19.8 Å². The van der Waals surface area contributed by atoms with E-state index in [-0.39, 0.29) is 11.7 Å². The van der Waals surface area contributed by atoms with Crippen molar-refractivity contribution in [3.8, 4) is 5.75 Å². The first-order valence-corrected chi connectivity index (χ1v) is 8.52. The van der Waals surface area contributed by atoms with Crippen LogP contribution in [-0.2, 0) is 0 Å². The van der Waals surface area contributed by atoms with Crippen LogP contribution in [0.15, 0.2) is 24.4 Å². The Labute approximate surface area is 148 Å². The predicted octanol–water partition coefficient (Wildman–Crippen LogP) is 2.78. The quantitative estimate of drug-likeness (QED) is 0.862. The number of aromatic nitrogens is 2. The average Bonchev–Trinajstić information content (AvgIpc) is 2.61. The van der Waals surface area contributed by atoms with Gasteiger partial charge in [-0.15, -0.1) is 0 Å². The second-order valence-electron chi connectivity index (χ2n) is 6.57. The summed E-state index contributed by atoms with van der Waals surface area (Å²) in [7, 11) is 1.65. The number of benzene rings is 1. The molecule has 2 aromatic rings. The maximum atomic E-state index is 13.0. The fraction of sp³-hybridized carbons (Fsp3) is 0.421. The highest BCUT2D eigenvalue weighted by atomic mass is 16.5. The molecule has 3 rings (SSSR count). The third-order valence-electron chi connectivity index (χ3n) is 4.69. The number of anilines is 2. The third-order valence-corrected chi connectivity index (χ3v) is 4.69. The Hall–Kier alpha value is -2.63. The van der Waals surface area contributed by atoms with Crippen LogP contribution in [0.4, 0.5) is 11.8 Å². The molecule has 0 unspecified atom stereocenters. The molecule has 1 fully saturated rings. The number of hydrogen-bond acceptors (Lipinski definition) is 6. The summed E-state index contributed by atoms with van der Waals surface area (Å²) in [5.41, 5.74) is 8.47. The van der Waals surface area contributed by atoms with Crippen LogP contribution < -0.4 is 15.4 Å². The van der Waals surface area contributed by atoms with Crippen LogP contribution in [0.2, 0.25) is 0 Å². The highest BCUT2D eigenvalue weighted by Gasteiger charge is 2.28. The number of carbonyl (C=O) groups is 1. The van der Waals surface area contributed by atoms with Gasteiger partial charge in [0.1, 0.15) is 11.6 Å². The second-order valence-corrected chi connectivity index (χ2v) is 6.57. The van der Waals surface area contributed by atoms with Crippen molar-refractivity contribution < 1.29 is 9.53 Å². The van der Waals surface area contributed by atoms with E-state index in [0.29, 0.717) is 18.3 Å². The van der Waals surface area contributed by atoms with Crippen molar-refractivity contribution >= 4 is 17.5 Å². The van der Waals surface area contributed by atoms with Gasteiger partial charge in [0.25, 0.3) is 0 Å². The van der Waals surface area contributed by atoms with Gasteiger partial charge in [0.2, 0.25) is 5.95 Å². The van der Waals surface area contributed by atoms with Crippen LogP contribution in [-0.4, -0.2) is 36.0 Å². The average molecular weight is 340 g/mol. The zero-order chi connectivity index (χ0) is 18.0. The molecule has 0 bridgehead atoms. The summed E-state index contributed by atoms with van der Waals surface area (Å²) in [4.78, 5) is 23.6. The summed E-state index contributed by atoms with van der Waals surface area (Å²) in [5, 5.41) is 0.